The van der Waals surface area contributed by atoms with Crippen molar-refractivity contribution in [2.45, 2.75) is 44.9 Å². The zero-order valence-corrected chi connectivity index (χ0v) is 13.4. The molecule has 2 aliphatic rings. The Kier molecular flexibility index (Phi) is 4.27. The van der Waals surface area contributed by atoms with Crippen LogP contribution in [0.4, 0.5) is 4.79 Å². The highest BCUT2D eigenvalue weighted by Gasteiger charge is 2.42. The summed E-state index contributed by atoms with van der Waals surface area (Å²) in [6, 6.07) is -0.200. The molecule has 2 unspecified atom stereocenters. The molecule has 6 nitrogen and oxygen atoms in total. The molecule has 0 aromatic rings. The Bertz CT molecular complexity index is 467. The number of methoxy groups -OCH3 is 1. The van der Waals surface area contributed by atoms with E-state index in [0.717, 1.165) is 6.54 Å². The molecule has 0 aromatic carbocycles. The van der Waals surface area contributed by atoms with Gasteiger partial charge in [-0.25, -0.2) is 9.59 Å². The smallest absolute Gasteiger partial charge is 0.411 e. The fourth-order valence-electron chi connectivity index (χ4n) is 2.93. The fourth-order valence-corrected chi connectivity index (χ4v) is 2.93. The summed E-state index contributed by atoms with van der Waals surface area (Å²) >= 11 is 0. The third-order valence-corrected chi connectivity index (χ3v) is 3.67. The van der Waals surface area contributed by atoms with Crippen LogP contribution >= 0.6 is 0 Å². The first-order valence-corrected chi connectivity index (χ1v) is 7.20. The predicted octanol–water partition coefficient (Wildman–Crippen LogP) is 1.41. The van der Waals surface area contributed by atoms with Crippen molar-refractivity contribution in [3.8, 4) is 0 Å². The van der Waals surface area contributed by atoms with Crippen LogP contribution in [-0.2, 0) is 14.3 Å². The number of carbonyl (C=O) groups is 2. The van der Waals surface area contributed by atoms with Crippen LogP contribution in [0.3, 0.4) is 0 Å². The zero-order chi connectivity index (χ0) is 15.8. The molecule has 0 aromatic heterocycles. The molecule has 1 saturated heterocycles. The highest BCUT2D eigenvalue weighted by atomic mass is 16.6. The minimum absolute atomic E-state index is 0.0531. The maximum absolute atomic E-state index is 12.4. The third kappa shape index (κ3) is 3.56. The van der Waals surface area contributed by atoms with Crippen molar-refractivity contribution >= 4 is 12.1 Å². The van der Waals surface area contributed by atoms with Gasteiger partial charge in [0.05, 0.1) is 19.2 Å². The average Bonchev–Trinajstić information content (AvgIpc) is 2.33. The molecular weight excluding hydrogens is 272 g/mol. The van der Waals surface area contributed by atoms with Crippen LogP contribution in [-0.4, -0.2) is 66.8 Å². The molecular formula is C15H24N2O4. The van der Waals surface area contributed by atoms with Gasteiger partial charge in [-0.2, -0.15) is 0 Å². The van der Waals surface area contributed by atoms with Crippen molar-refractivity contribution in [1.29, 1.82) is 0 Å². The quantitative estimate of drug-likeness (QED) is 0.685. The van der Waals surface area contributed by atoms with E-state index < -0.39 is 5.60 Å². The number of hydrogen-bond donors (Lipinski definition) is 0. The number of hydrogen-bond acceptors (Lipinski definition) is 5. The van der Waals surface area contributed by atoms with E-state index in [4.69, 9.17) is 9.47 Å². The second-order valence-corrected chi connectivity index (χ2v) is 6.72. The minimum atomic E-state index is -0.524. The topological polar surface area (TPSA) is 59.1 Å². The van der Waals surface area contributed by atoms with Gasteiger partial charge in [-0.1, -0.05) is 6.08 Å². The van der Waals surface area contributed by atoms with Gasteiger partial charge in [-0.05, 0) is 27.8 Å². The second kappa shape index (κ2) is 5.67. The van der Waals surface area contributed by atoms with Crippen molar-refractivity contribution in [2.24, 2.45) is 0 Å². The molecule has 0 N–H and O–H groups in total. The van der Waals surface area contributed by atoms with E-state index in [-0.39, 0.29) is 24.1 Å². The van der Waals surface area contributed by atoms with Gasteiger partial charge in [-0.15, -0.1) is 0 Å². The standard InChI is InChI=1S/C15H24N2O4/c1-15(2,3)21-14(19)17-11-6-10(13(18)20-5)7-12(17)9-16(4)8-11/h6,11-12H,7-9H2,1-5H3. The lowest BCUT2D eigenvalue weighted by molar-refractivity contribution is -0.137. The maximum Gasteiger partial charge on any atom is 0.411 e. The van der Waals surface area contributed by atoms with Crippen LogP contribution in [0.5, 0.6) is 0 Å². The molecule has 118 valence electrons. The first kappa shape index (κ1) is 15.8. The molecule has 0 radical (unpaired) electrons. The third-order valence-electron chi connectivity index (χ3n) is 3.67. The van der Waals surface area contributed by atoms with Gasteiger partial charge in [0.25, 0.3) is 0 Å². The minimum Gasteiger partial charge on any atom is -0.466 e. The van der Waals surface area contributed by atoms with E-state index in [0.29, 0.717) is 18.5 Å². The second-order valence-electron chi connectivity index (χ2n) is 6.72. The summed E-state index contributed by atoms with van der Waals surface area (Å²) in [6.45, 7) is 6.98. The Hall–Kier alpha value is -1.56. The predicted molar refractivity (Wildman–Crippen MR) is 77.9 cm³/mol. The normalized spacial score (nSPS) is 26.1. The maximum atomic E-state index is 12.4. The number of amides is 1. The first-order chi connectivity index (χ1) is 9.71. The summed E-state index contributed by atoms with van der Waals surface area (Å²) in [5, 5.41) is 0. The van der Waals surface area contributed by atoms with Gasteiger partial charge >= 0.3 is 12.1 Å². The number of likely N-dealkylation sites (N-methyl/N-ethyl adjacent to an activating group) is 1. The average molecular weight is 296 g/mol. The lowest BCUT2D eigenvalue weighted by Crippen LogP contribution is -2.61. The van der Waals surface area contributed by atoms with Gasteiger partial charge in [0.2, 0.25) is 0 Å². The molecule has 6 heteroatoms. The van der Waals surface area contributed by atoms with Crippen LogP contribution in [0, 0.1) is 0 Å². The Labute approximate surface area is 125 Å². The van der Waals surface area contributed by atoms with Crippen LogP contribution in [0.2, 0.25) is 0 Å². The van der Waals surface area contributed by atoms with Crippen molar-refractivity contribution in [3.05, 3.63) is 11.6 Å². The van der Waals surface area contributed by atoms with Crippen molar-refractivity contribution < 1.29 is 19.1 Å². The summed E-state index contributed by atoms with van der Waals surface area (Å²) in [5.74, 6) is -0.307. The number of rotatable bonds is 1. The van der Waals surface area contributed by atoms with Gasteiger partial charge in [0.15, 0.2) is 0 Å². The van der Waals surface area contributed by atoms with Gasteiger partial charge in [0, 0.05) is 25.1 Å². The van der Waals surface area contributed by atoms with Crippen molar-refractivity contribution in [1.82, 2.24) is 9.80 Å². The number of piperazine rings is 1. The number of fused-ring (bicyclic) bond motifs is 2. The molecule has 0 spiro atoms. The van der Waals surface area contributed by atoms with Gasteiger partial charge in [0.1, 0.15) is 5.60 Å². The Morgan fingerprint density at radius 2 is 1.95 bits per heavy atom. The lowest BCUT2D eigenvalue weighted by Gasteiger charge is -2.47. The number of carbonyl (C=O) groups excluding carboxylic acids is 2. The van der Waals surface area contributed by atoms with E-state index in [1.54, 1.807) is 4.90 Å². The van der Waals surface area contributed by atoms with Crippen molar-refractivity contribution in [2.75, 3.05) is 27.2 Å². The van der Waals surface area contributed by atoms with Crippen LogP contribution in [0.15, 0.2) is 11.6 Å². The summed E-state index contributed by atoms with van der Waals surface area (Å²) < 4.78 is 10.3. The van der Waals surface area contributed by atoms with Crippen LogP contribution in [0.1, 0.15) is 27.2 Å². The van der Waals surface area contributed by atoms with Crippen LogP contribution in [0.25, 0.3) is 0 Å². The van der Waals surface area contributed by atoms with E-state index in [1.165, 1.54) is 7.11 Å². The van der Waals surface area contributed by atoms with E-state index >= 15 is 0 Å². The number of esters is 1. The molecule has 0 saturated carbocycles. The highest BCUT2D eigenvalue weighted by Crippen LogP contribution is 2.29. The molecule has 1 fully saturated rings. The summed E-state index contributed by atoms with van der Waals surface area (Å²) in [4.78, 5) is 28.1. The Morgan fingerprint density at radius 3 is 2.48 bits per heavy atom. The molecule has 2 aliphatic heterocycles. The molecule has 0 aliphatic carbocycles. The summed E-state index contributed by atoms with van der Waals surface area (Å²) in [5.41, 5.74) is 0.129. The molecule has 2 rings (SSSR count). The zero-order valence-electron chi connectivity index (χ0n) is 13.4. The molecule has 2 heterocycles. The first-order valence-electron chi connectivity index (χ1n) is 7.20. The molecule has 1 amide bonds. The monoisotopic (exact) mass is 296 g/mol. The van der Waals surface area contributed by atoms with E-state index in [1.807, 2.05) is 33.9 Å². The number of ether oxygens (including phenoxy) is 2. The SMILES string of the molecule is COC(=O)C1=CC2CN(C)CC(C1)N2C(=O)OC(C)(C)C. The molecule has 2 atom stereocenters. The fraction of sp³-hybridized carbons (Fsp3) is 0.733. The lowest BCUT2D eigenvalue weighted by atomic mass is 9.92. The molecule has 21 heavy (non-hydrogen) atoms. The Morgan fingerprint density at radius 1 is 1.29 bits per heavy atom. The Balaban J connectivity index is 2.22. The summed E-state index contributed by atoms with van der Waals surface area (Å²) in [6.07, 6.45) is 2.03. The van der Waals surface area contributed by atoms with Gasteiger partial charge in [-0.3, -0.25) is 4.90 Å². The number of nitrogens with zero attached hydrogens (tertiary/aromatic N) is 2. The summed E-state index contributed by atoms with van der Waals surface area (Å²) in [7, 11) is 3.40. The van der Waals surface area contributed by atoms with Gasteiger partial charge < -0.3 is 14.4 Å². The van der Waals surface area contributed by atoms with Crippen molar-refractivity contribution in [3.63, 3.8) is 0 Å². The van der Waals surface area contributed by atoms with E-state index in [9.17, 15) is 9.59 Å². The van der Waals surface area contributed by atoms with E-state index in [2.05, 4.69) is 4.90 Å². The highest BCUT2D eigenvalue weighted by molar-refractivity contribution is 5.89. The van der Waals surface area contributed by atoms with Crippen LogP contribution < -0.4 is 0 Å². The largest absolute Gasteiger partial charge is 0.466 e. The molecule has 2 bridgehead atoms.